The number of carbonyl (C=O) groups is 2. The van der Waals surface area contributed by atoms with Crippen LogP contribution in [-0.4, -0.2) is 39.1 Å². The van der Waals surface area contributed by atoms with Crippen molar-refractivity contribution in [3.05, 3.63) is 35.7 Å². The highest BCUT2D eigenvalue weighted by atomic mass is 32.2. The number of aryl methyl sites for hydroxylation is 1. The van der Waals surface area contributed by atoms with E-state index < -0.39 is 5.97 Å². The molecular weight excluding hydrogens is 330 g/mol. The zero-order chi connectivity index (χ0) is 17.5. The van der Waals surface area contributed by atoms with Crippen LogP contribution in [0.3, 0.4) is 0 Å². The van der Waals surface area contributed by atoms with E-state index in [1.807, 2.05) is 6.92 Å². The van der Waals surface area contributed by atoms with E-state index in [0.29, 0.717) is 28.8 Å². The second-order valence-corrected chi connectivity index (χ2v) is 5.90. The molecule has 128 valence electrons. The molecule has 0 atom stereocenters. The molecule has 0 fully saturated rings. The number of thioether (sulfide) groups is 1. The largest absolute Gasteiger partial charge is 0.462 e. The fourth-order valence-corrected chi connectivity index (χ4v) is 2.48. The molecule has 0 bridgehead atoms. The maximum atomic E-state index is 12.0. The predicted molar refractivity (Wildman–Crippen MR) is 91.3 cm³/mol. The number of nitrogens with two attached hydrogens (primary N) is 1. The minimum atomic E-state index is -0.408. The minimum Gasteiger partial charge on any atom is -0.462 e. The van der Waals surface area contributed by atoms with Crippen LogP contribution in [0.15, 0.2) is 29.4 Å². The molecule has 1 aromatic carbocycles. The first-order chi connectivity index (χ1) is 11.5. The highest BCUT2D eigenvalue weighted by Crippen LogP contribution is 2.16. The van der Waals surface area contributed by atoms with E-state index in [2.05, 4.69) is 15.5 Å². The second kappa shape index (κ2) is 8.34. The molecule has 1 aromatic heterocycles. The van der Waals surface area contributed by atoms with Gasteiger partial charge in [-0.25, -0.2) is 9.47 Å². The van der Waals surface area contributed by atoms with Gasteiger partial charge in [-0.2, -0.15) is 0 Å². The molecule has 1 heterocycles. The number of hydrogen-bond donors (Lipinski definition) is 2. The van der Waals surface area contributed by atoms with Gasteiger partial charge in [-0.05, 0) is 31.5 Å². The molecule has 0 aliphatic heterocycles. The Balaban J connectivity index is 1.91. The molecule has 0 aliphatic carbocycles. The number of nitrogen functional groups attached to an aromatic ring is 1. The van der Waals surface area contributed by atoms with Crippen LogP contribution >= 0.6 is 11.8 Å². The zero-order valence-electron chi connectivity index (χ0n) is 13.5. The van der Waals surface area contributed by atoms with Crippen LogP contribution in [0.4, 0.5) is 5.69 Å². The summed E-state index contributed by atoms with van der Waals surface area (Å²) >= 11 is 1.18. The van der Waals surface area contributed by atoms with Crippen molar-refractivity contribution in [3.63, 3.8) is 0 Å². The van der Waals surface area contributed by atoms with E-state index >= 15 is 0 Å². The Hall–Kier alpha value is -2.55. The normalized spacial score (nSPS) is 10.4. The van der Waals surface area contributed by atoms with Crippen LogP contribution < -0.4 is 11.2 Å². The molecule has 0 spiro atoms. The van der Waals surface area contributed by atoms with E-state index in [4.69, 9.17) is 10.6 Å². The van der Waals surface area contributed by atoms with Crippen molar-refractivity contribution < 1.29 is 14.3 Å². The highest BCUT2D eigenvalue weighted by molar-refractivity contribution is 7.99. The van der Waals surface area contributed by atoms with E-state index in [1.54, 1.807) is 31.2 Å². The molecule has 8 nitrogen and oxygen atoms in total. The number of hydrogen-bond acceptors (Lipinski definition) is 7. The van der Waals surface area contributed by atoms with Crippen molar-refractivity contribution in [2.24, 2.45) is 0 Å². The third-order valence-corrected chi connectivity index (χ3v) is 3.93. The zero-order valence-corrected chi connectivity index (χ0v) is 14.3. The SMILES string of the molecule is CCCOC(=O)c1cccc(NC(=O)CSc2nnc(C)n2N)c1. The molecule has 2 rings (SSSR count). The Morgan fingerprint density at radius 2 is 2.17 bits per heavy atom. The Bertz CT molecular complexity index is 732. The number of rotatable bonds is 7. The van der Waals surface area contributed by atoms with Gasteiger partial charge in [0.1, 0.15) is 5.82 Å². The number of nitrogens with zero attached hydrogens (tertiary/aromatic N) is 3. The molecular formula is C15H19N5O3S. The topological polar surface area (TPSA) is 112 Å². The van der Waals surface area contributed by atoms with Crippen molar-refractivity contribution in [2.45, 2.75) is 25.4 Å². The van der Waals surface area contributed by atoms with Crippen molar-refractivity contribution in [3.8, 4) is 0 Å². The minimum absolute atomic E-state index is 0.125. The smallest absolute Gasteiger partial charge is 0.338 e. The summed E-state index contributed by atoms with van der Waals surface area (Å²) in [4.78, 5) is 23.8. The monoisotopic (exact) mass is 349 g/mol. The van der Waals surface area contributed by atoms with Gasteiger partial charge < -0.3 is 15.9 Å². The van der Waals surface area contributed by atoms with Gasteiger partial charge in [0.15, 0.2) is 0 Å². The molecule has 0 saturated heterocycles. The molecule has 0 aliphatic rings. The van der Waals surface area contributed by atoms with E-state index in [0.717, 1.165) is 6.42 Å². The van der Waals surface area contributed by atoms with Crippen molar-refractivity contribution in [1.82, 2.24) is 14.9 Å². The Morgan fingerprint density at radius 1 is 1.38 bits per heavy atom. The van der Waals surface area contributed by atoms with E-state index in [9.17, 15) is 9.59 Å². The van der Waals surface area contributed by atoms with Gasteiger partial charge in [-0.3, -0.25) is 4.79 Å². The first-order valence-electron chi connectivity index (χ1n) is 7.38. The summed E-state index contributed by atoms with van der Waals surface area (Å²) in [6, 6.07) is 6.61. The molecule has 3 N–H and O–H groups in total. The van der Waals surface area contributed by atoms with Gasteiger partial charge in [0.2, 0.25) is 11.1 Å². The summed E-state index contributed by atoms with van der Waals surface area (Å²) in [5.74, 6) is 5.77. The fourth-order valence-electron chi connectivity index (χ4n) is 1.78. The third kappa shape index (κ3) is 4.72. The standard InChI is InChI=1S/C15H19N5O3S/c1-3-7-23-14(22)11-5-4-6-12(8-11)17-13(21)9-24-15-19-18-10(2)20(15)16/h4-6,8H,3,7,9,16H2,1-2H3,(H,17,21). The van der Waals surface area contributed by atoms with Crippen LogP contribution in [0.2, 0.25) is 0 Å². The summed E-state index contributed by atoms with van der Waals surface area (Å²) in [5.41, 5.74) is 0.920. The molecule has 2 aromatic rings. The third-order valence-electron chi connectivity index (χ3n) is 2.99. The number of nitrogens with one attached hydrogen (secondary N) is 1. The lowest BCUT2D eigenvalue weighted by molar-refractivity contribution is -0.113. The number of aromatic nitrogens is 3. The van der Waals surface area contributed by atoms with Crippen LogP contribution in [0.25, 0.3) is 0 Å². The number of benzene rings is 1. The number of carbonyl (C=O) groups excluding carboxylic acids is 2. The van der Waals surface area contributed by atoms with Crippen LogP contribution in [0.5, 0.6) is 0 Å². The number of amides is 1. The fraction of sp³-hybridized carbons (Fsp3) is 0.333. The summed E-state index contributed by atoms with van der Waals surface area (Å²) in [6.45, 7) is 4.01. The van der Waals surface area contributed by atoms with Gasteiger partial charge in [0.25, 0.3) is 0 Å². The van der Waals surface area contributed by atoms with Crippen molar-refractivity contribution in [2.75, 3.05) is 23.5 Å². The van der Waals surface area contributed by atoms with E-state index in [1.165, 1.54) is 16.4 Å². The summed E-state index contributed by atoms with van der Waals surface area (Å²) in [7, 11) is 0. The van der Waals surface area contributed by atoms with Crippen LogP contribution in [-0.2, 0) is 9.53 Å². The first-order valence-corrected chi connectivity index (χ1v) is 8.36. The van der Waals surface area contributed by atoms with Gasteiger partial charge in [-0.1, -0.05) is 24.8 Å². The molecule has 0 radical (unpaired) electrons. The Morgan fingerprint density at radius 3 is 2.83 bits per heavy atom. The number of ether oxygens (including phenoxy) is 1. The summed E-state index contributed by atoms with van der Waals surface area (Å²) in [5, 5.41) is 10.9. The molecule has 24 heavy (non-hydrogen) atoms. The van der Waals surface area contributed by atoms with E-state index in [-0.39, 0.29) is 11.7 Å². The first kappa shape index (κ1) is 17.8. The average Bonchev–Trinajstić information content (AvgIpc) is 2.90. The Kier molecular flexibility index (Phi) is 6.19. The van der Waals surface area contributed by atoms with Gasteiger partial charge in [-0.15, -0.1) is 10.2 Å². The highest BCUT2D eigenvalue weighted by Gasteiger charge is 2.11. The summed E-state index contributed by atoms with van der Waals surface area (Å²) in [6.07, 6.45) is 0.755. The lowest BCUT2D eigenvalue weighted by atomic mass is 10.2. The quantitative estimate of drug-likeness (QED) is 0.443. The molecule has 9 heteroatoms. The van der Waals surface area contributed by atoms with Gasteiger partial charge in [0.05, 0.1) is 17.9 Å². The number of esters is 1. The van der Waals surface area contributed by atoms with Crippen molar-refractivity contribution in [1.29, 1.82) is 0 Å². The van der Waals surface area contributed by atoms with Crippen LogP contribution in [0.1, 0.15) is 29.5 Å². The van der Waals surface area contributed by atoms with Crippen molar-refractivity contribution >= 4 is 29.3 Å². The number of anilines is 1. The van der Waals surface area contributed by atoms with Gasteiger partial charge in [0, 0.05) is 5.69 Å². The van der Waals surface area contributed by atoms with Crippen LogP contribution in [0, 0.1) is 6.92 Å². The molecule has 0 saturated carbocycles. The molecule has 1 amide bonds. The Labute approximate surface area is 143 Å². The molecule has 0 unspecified atom stereocenters. The lowest BCUT2D eigenvalue weighted by Crippen LogP contribution is -2.17. The summed E-state index contributed by atoms with van der Waals surface area (Å²) < 4.78 is 6.39. The predicted octanol–water partition coefficient (Wildman–Crippen LogP) is 1.60. The van der Waals surface area contributed by atoms with Gasteiger partial charge >= 0.3 is 5.97 Å². The maximum absolute atomic E-state index is 12.0. The second-order valence-electron chi connectivity index (χ2n) is 4.95. The lowest BCUT2D eigenvalue weighted by Gasteiger charge is -2.07. The average molecular weight is 349 g/mol. The maximum Gasteiger partial charge on any atom is 0.338 e.